The van der Waals surface area contributed by atoms with Crippen molar-refractivity contribution in [3.63, 3.8) is 0 Å². The maximum atomic E-state index is 12.6. The van der Waals surface area contributed by atoms with Crippen LogP contribution in [0.2, 0.25) is 0 Å². The highest BCUT2D eigenvalue weighted by molar-refractivity contribution is 6.10. The molecule has 5 nitrogen and oxygen atoms in total. The molecule has 1 N–H and O–H groups in total. The van der Waals surface area contributed by atoms with Gasteiger partial charge in [0, 0.05) is 43.9 Å². The van der Waals surface area contributed by atoms with Crippen LogP contribution in [0.1, 0.15) is 43.2 Å². The molecule has 27 heavy (non-hydrogen) atoms. The Kier molecular flexibility index (Phi) is 3.80. The predicted molar refractivity (Wildman–Crippen MR) is 103 cm³/mol. The fraction of sp³-hybridized carbons (Fsp3) is 0.545. The summed E-state index contributed by atoms with van der Waals surface area (Å²) in [6, 6.07) is 8.39. The standard InChI is InChI=1S/C22H25N3O2/c23-12-19-20(27)10-15-2-3-16(25-13-17(26)14-25)11-18(15)21(19)24-8-6-22(7-9-24)4-1-5-22/h2-3,11,17,26H,1,4-10,13-14H2. The lowest BCUT2D eigenvalue weighted by Gasteiger charge is -2.49. The first kappa shape index (κ1) is 16.8. The van der Waals surface area contributed by atoms with Gasteiger partial charge in [-0.25, -0.2) is 0 Å². The van der Waals surface area contributed by atoms with E-state index in [2.05, 4.69) is 21.9 Å². The highest BCUT2D eigenvalue weighted by Crippen LogP contribution is 2.50. The number of ketones is 1. The quantitative estimate of drug-likeness (QED) is 0.874. The van der Waals surface area contributed by atoms with E-state index < -0.39 is 0 Å². The zero-order valence-electron chi connectivity index (χ0n) is 15.6. The molecule has 140 valence electrons. The molecular formula is C22H25N3O2. The zero-order chi connectivity index (χ0) is 18.6. The van der Waals surface area contributed by atoms with E-state index in [4.69, 9.17) is 0 Å². The number of anilines is 1. The fourth-order valence-electron chi connectivity index (χ4n) is 5.16. The second-order valence-electron chi connectivity index (χ2n) is 8.68. The third kappa shape index (κ3) is 2.66. The Morgan fingerprint density at radius 2 is 1.85 bits per heavy atom. The summed E-state index contributed by atoms with van der Waals surface area (Å²) in [5, 5.41) is 19.3. The smallest absolute Gasteiger partial charge is 0.179 e. The van der Waals surface area contributed by atoms with Crippen molar-refractivity contribution in [2.45, 2.75) is 44.6 Å². The van der Waals surface area contributed by atoms with E-state index in [9.17, 15) is 15.2 Å². The van der Waals surface area contributed by atoms with Crippen LogP contribution in [-0.2, 0) is 11.2 Å². The third-order valence-corrected chi connectivity index (χ3v) is 7.11. The fourth-order valence-corrected chi connectivity index (χ4v) is 5.16. The Bertz CT molecular complexity index is 862. The largest absolute Gasteiger partial charge is 0.389 e. The van der Waals surface area contributed by atoms with E-state index in [-0.39, 0.29) is 11.9 Å². The molecule has 2 aliphatic carbocycles. The molecule has 0 bridgehead atoms. The van der Waals surface area contributed by atoms with Gasteiger partial charge >= 0.3 is 0 Å². The van der Waals surface area contributed by atoms with E-state index in [1.54, 1.807) is 0 Å². The summed E-state index contributed by atoms with van der Waals surface area (Å²) >= 11 is 0. The van der Waals surface area contributed by atoms with Crippen LogP contribution in [0.15, 0.2) is 23.8 Å². The molecule has 1 aromatic carbocycles. The Morgan fingerprint density at radius 1 is 1.11 bits per heavy atom. The van der Waals surface area contributed by atoms with Crippen molar-refractivity contribution in [3.8, 4) is 6.07 Å². The number of carbonyl (C=O) groups is 1. The van der Waals surface area contributed by atoms with E-state index in [0.717, 1.165) is 48.4 Å². The number of Topliss-reactive ketones (excluding diaryl/α,β-unsaturated/α-hetero) is 1. The molecule has 5 heteroatoms. The molecule has 3 fully saturated rings. The van der Waals surface area contributed by atoms with Gasteiger partial charge in [-0.2, -0.15) is 5.26 Å². The maximum Gasteiger partial charge on any atom is 0.179 e. The SMILES string of the molecule is N#CC1=C(N2CCC3(CCC3)CC2)c2cc(N3CC(O)C3)ccc2CC1=O. The number of allylic oxidation sites excluding steroid dienone is 1. The number of aliphatic hydroxyl groups excluding tert-OH is 1. The van der Waals surface area contributed by atoms with Gasteiger partial charge in [0.05, 0.1) is 11.8 Å². The van der Waals surface area contributed by atoms with Crippen LogP contribution in [0.25, 0.3) is 5.70 Å². The van der Waals surface area contributed by atoms with Crippen LogP contribution >= 0.6 is 0 Å². The Hall–Kier alpha value is -2.32. The number of benzene rings is 1. The molecule has 4 aliphatic rings. The second kappa shape index (κ2) is 6.10. The van der Waals surface area contributed by atoms with Gasteiger partial charge < -0.3 is 14.9 Å². The average Bonchev–Trinajstić information content (AvgIpc) is 2.63. The molecule has 1 spiro atoms. The van der Waals surface area contributed by atoms with Crippen LogP contribution in [0.3, 0.4) is 0 Å². The summed E-state index contributed by atoms with van der Waals surface area (Å²) in [7, 11) is 0. The summed E-state index contributed by atoms with van der Waals surface area (Å²) in [6.45, 7) is 3.15. The summed E-state index contributed by atoms with van der Waals surface area (Å²) in [6.07, 6.45) is 6.39. The second-order valence-corrected chi connectivity index (χ2v) is 8.68. The van der Waals surface area contributed by atoms with Gasteiger partial charge in [-0.1, -0.05) is 12.5 Å². The van der Waals surface area contributed by atoms with Crippen LogP contribution in [-0.4, -0.2) is 48.1 Å². The Morgan fingerprint density at radius 3 is 2.44 bits per heavy atom. The highest BCUT2D eigenvalue weighted by atomic mass is 16.3. The van der Waals surface area contributed by atoms with Crippen molar-refractivity contribution in [3.05, 3.63) is 34.9 Å². The number of hydrogen-bond donors (Lipinski definition) is 1. The topological polar surface area (TPSA) is 67.6 Å². The number of fused-ring (bicyclic) bond motifs is 1. The first-order valence-corrected chi connectivity index (χ1v) is 10.1. The minimum absolute atomic E-state index is 0.0592. The number of rotatable bonds is 2. The summed E-state index contributed by atoms with van der Waals surface area (Å²) < 4.78 is 0. The third-order valence-electron chi connectivity index (χ3n) is 7.11. The zero-order valence-corrected chi connectivity index (χ0v) is 15.6. The number of piperidine rings is 1. The van der Waals surface area contributed by atoms with Crippen molar-refractivity contribution >= 4 is 17.2 Å². The molecular weight excluding hydrogens is 338 g/mol. The molecule has 0 radical (unpaired) electrons. The average molecular weight is 363 g/mol. The number of carbonyl (C=O) groups excluding carboxylic acids is 1. The number of aliphatic hydroxyl groups is 1. The van der Waals surface area contributed by atoms with Gasteiger partial charge in [0.25, 0.3) is 0 Å². The molecule has 5 rings (SSSR count). The number of nitrogens with zero attached hydrogens (tertiary/aromatic N) is 3. The molecule has 0 unspecified atom stereocenters. The Balaban J connectivity index is 1.51. The summed E-state index contributed by atoms with van der Waals surface area (Å²) in [4.78, 5) is 17.0. The van der Waals surface area contributed by atoms with Crippen LogP contribution < -0.4 is 4.90 Å². The molecule has 2 saturated heterocycles. The van der Waals surface area contributed by atoms with Gasteiger partial charge in [-0.05, 0) is 48.8 Å². The molecule has 0 amide bonds. The minimum atomic E-state index is -0.256. The van der Waals surface area contributed by atoms with Crippen molar-refractivity contribution < 1.29 is 9.90 Å². The first-order valence-electron chi connectivity index (χ1n) is 10.1. The summed E-state index contributed by atoms with van der Waals surface area (Å²) in [5.41, 5.74) is 4.82. The molecule has 1 saturated carbocycles. The van der Waals surface area contributed by atoms with E-state index in [0.29, 0.717) is 30.5 Å². The number of hydrogen-bond acceptors (Lipinski definition) is 5. The lowest BCUT2D eigenvalue weighted by molar-refractivity contribution is -0.114. The minimum Gasteiger partial charge on any atom is -0.389 e. The lowest BCUT2D eigenvalue weighted by Crippen LogP contribution is -2.50. The van der Waals surface area contributed by atoms with Crippen molar-refractivity contribution in [2.24, 2.45) is 5.41 Å². The number of nitriles is 1. The monoisotopic (exact) mass is 363 g/mol. The van der Waals surface area contributed by atoms with E-state index in [1.165, 1.54) is 19.3 Å². The predicted octanol–water partition coefficient (Wildman–Crippen LogP) is 2.49. The maximum absolute atomic E-state index is 12.6. The van der Waals surface area contributed by atoms with Crippen LogP contribution in [0, 0.1) is 16.7 Å². The van der Waals surface area contributed by atoms with E-state index >= 15 is 0 Å². The lowest BCUT2D eigenvalue weighted by atomic mass is 9.63. The number of β-amino-alcohol motifs (C(OH)–C–C–N with tert-alkyl or cyclic N) is 1. The van der Waals surface area contributed by atoms with Crippen molar-refractivity contribution in [2.75, 3.05) is 31.1 Å². The molecule has 0 aromatic heterocycles. The van der Waals surface area contributed by atoms with Gasteiger partial charge in [-0.3, -0.25) is 4.79 Å². The summed E-state index contributed by atoms with van der Waals surface area (Å²) in [5.74, 6) is -0.0592. The first-order chi connectivity index (χ1) is 13.1. The molecule has 0 atom stereocenters. The molecule has 2 heterocycles. The Labute approximate surface area is 159 Å². The molecule has 1 aromatic rings. The molecule has 2 aliphatic heterocycles. The van der Waals surface area contributed by atoms with Gasteiger partial charge in [0.15, 0.2) is 5.78 Å². The van der Waals surface area contributed by atoms with Crippen LogP contribution in [0.4, 0.5) is 5.69 Å². The van der Waals surface area contributed by atoms with Crippen molar-refractivity contribution in [1.29, 1.82) is 5.26 Å². The van der Waals surface area contributed by atoms with Crippen LogP contribution in [0.5, 0.6) is 0 Å². The van der Waals surface area contributed by atoms with Crippen molar-refractivity contribution in [1.82, 2.24) is 4.90 Å². The number of likely N-dealkylation sites (tertiary alicyclic amines) is 1. The van der Waals surface area contributed by atoms with Gasteiger partial charge in [0.1, 0.15) is 11.6 Å². The van der Waals surface area contributed by atoms with E-state index in [1.807, 2.05) is 12.1 Å². The highest BCUT2D eigenvalue weighted by Gasteiger charge is 2.41. The normalized spacial score (nSPS) is 24.4. The van der Waals surface area contributed by atoms with Gasteiger partial charge in [0.2, 0.25) is 0 Å². The van der Waals surface area contributed by atoms with Gasteiger partial charge in [-0.15, -0.1) is 0 Å².